The molecule has 2 aliphatic rings. The molecule has 0 radical (unpaired) electrons. The van der Waals surface area contributed by atoms with Crippen LogP contribution in [0.4, 0.5) is 8.78 Å². The summed E-state index contributed by atoms with van der Waals surface area (Å²) in [4.78, 5) is 21.7. The molecule has 1 saturated heterocycles. The molecule has 1 aromatic carbocycles. The fraction of sp³-hybridized carbons (Fsp3) is 0.333. The topological polar surface area (TPSA) is 102 Å². The molecule has 0 unspecified atom stereocenters. The molecule has 0 saturated carbocycles. The molecule has 10 nitrogen and oxygen atoms in total. The Morgan fingerprint density at radius 3 is 2.76 bits per heavy atom. The van der Waals surface area contributed by atoms with Crippen molar-refractivity contribution in [3.63, 3.8) is 0 Å². The van der Waals surface area contributed by atoms with Crippen molar-refractivity contribution in [1.29, 1.82) is 0 Å². The molecule has 1 N–H and O–H groups in total. The Hall–Kier alpha value is -4.46. The van der Waals surface area contributed by atoms with E-state index < -0.39 is 17.7 Å². The van der Waals surface area contributed by atoms with Crippen molar-refractivity contribution in [3.05, 3.63) is 72.0 Å². The van der Waals surface area contributed by atoms with E-state index in [9.17, 15) is 14.3 Å². The van der Waals surface area contributed by atoms with Crippen LogP contribution in [-0.2, 0) is 11.3 Å². The Morgan fingerprint density at radius 2 is 2.02 bits per heavy atom. The minimum absolute atomic E-state index is 0.0271. The van der Waals surface area contributed by atoms with Crippen molar-refractivity contribution in [2.24, 2.45) is 0 Å². The van der Waals surface area contributed by atoms with Crippen molar-refractivity contribution in [1.82, 2.24) is 34.3 Å². The molecule has 2 atom stereocenters. The number of amides is 1. The minimum Gasteiger partial charge on any atom is -0.490 e. The van der Waals surface area contributed by atoms with Gasteiger partial charge in [-0.15, -0.1) is 11.3 Å². The van der Waals surface area contributed by atoms with E-state index in [4.69, 9.17) is 14.8 Å². The summed E-state index contributed by atoms with van der Waals surface area (Å²) < 4.78 is 40.9. The lowest BCUT2D eigenvalue weighted by Crippen LogP contribution is -2.45. The number of rotatable bonds is 8. The number of halogens is 2. The minimum atomic E-state index is -0.865. The Balaban J connectivity index is 1.46. The third-order valence-electron chi connectivity index (χ3n) is 8.61. The molecule has 7 rings (SSSR count). The molecular weight excluding hydrogens is 612 g/mol. The number of fused-ring (bicyclic) bond motifs is 2. The molecule has 0 aliphatic carbocycles. The van der Waals surface area contributed by atoms with Gasteiger partial charge in [-0.05, 0) is 44.5 Å². The SMILES string of the molecule is C=CC(=O)N1CCn2nc(-c3nc(-c4cnn(C5CN(C)C5)c4)c4ccsc4c3-c3c(F)cc(F)cc3OC[C@@H](C)O)cc2[C@H]1C. The van der Waals surface area contributed by atoms with Gasteiger partial charge >= 0.3 is 0 Å². The monoisotopic (exact) mass is 645 g/mol. The summed E-state index contributed by atoms with van der Waals surface area (Å²) in [7, 11) is 2.06. The Kier molecular flexibility index (Phi) is 7.70. The Bertz CT molecular complexity index is 1980. The second-order valence-electron chi connectivity index (χ2n) is 11.9. The smallest absolute Gasteiger partial charge is 0.246 e. The van der Waals surface area contributed by atoms with E-state index in [0.29, 0.717) is 40.4 Å². The number of carbonyl (C=O) groups excluding carboxylic acids is 1. The second kappa shape index (κ2) is 11.7. The lowest BCUT2D eigenvalue weighted by Gasteiger charge is -2.36. The van der Waals surface area contributed by atoms with Crippen LogP contribution in [0.1, 0.15) is 31.6 Å². The van der Waals surface area contributed by atoms with Crippen LogP contribution in [0.15, 0.2) is 54.7 Å². The molecule has 5 aromatic rings. The average molecular weight is 646 g/mol. The van der Waals surface area contributed by atoms with Gasteiger partial charge in [0.05, 0.1) is 47.9 Å². The first-order valence-corrected chi connectivity index (χ1v) is 16.0. The number of pyridine rings is 1. The summed E-state index contributed by atoms with van der Waals surface area (Å²) in [5.74, 6) is -1.85. The highest BCUT2D eigenvalue weighted by atomic mass is 32.1. The maximum absolute atomic E-state index is 16.0. The zero-order chi connectivity index (χ0) is 32.3. The molecule has 6 heterocycles. The number of carbonyl (C=O) groups is 1. The summed E-state index contributed by atoms with van der Waals surface area (Å²) in [6, 6.07) is 5.71. The van der Waals surface area contributed by atoms with Gasteiger partial charge in [0, 0.05) is 59.2 Å². The first-order valence-electron chi connectivity index (χ1n) is 15.1. The molecule has 4 aromatic heterocycles. The van der Waals surface area contributed by atoms with Crippen LogP contribution < -0.4 is 4.74 Å². The van der Waals surface area contributed by atoms with Gasteiger partial charge in [-0.2, -0.15) is 10.2 Å². The number of aromatic nitrogens is 5. The number of thiophene rings is 1. The van der Waals surface area contributed by atoms with E-state index >= 15 is 4.39 Å². The average Bonchev–Trinajstić information content (AvgIpc) is 3.78. The Labute approximate surface area is 268 Å². The lowest BCUT2D eigenvalue weighted by atomic mass is 9.96. The summed E-state index contributed by atoms with van der Waals surface area (Å²) in [6.07, 6.45) is 4.20. The van der Waals surface area contributed by atoms with E-state index in [-0.39, 0.29) is 35.9 Å². The van der Waals surface area contributed by atoms with Crippen LogP contribution in [0.5, 0.6) is 5.75 Å². The third kappa shape index (κ3) is 5.17. The molecule has 0 spiro atoms. The quantitative estimate of drug-likeness (QED) is 0.229. The van der Waals surface area contributed by atoms with Crippen LogP contribution in [0.25, 0.3) is 43.9 Å². The van der Waals surface area contributed by atoms with Gasteiger partial charge in [0.1, 0.15) is 35.4 Å². The van der Waals surface area contributed by atoms with Crippen molar-refractivity contribution in [3.8, 4) is 39.5 Å². The lowest BCUT2D eigenvalue weighted by molar-refractivity contribution is -0.129. The molecule has 2 aliphatic heterocycles. The van der Waals surface area contributed by atoms with E-state index in [1.54, 1.807) is 11.1 Å². The second-order valence-corrected chi connectivity index (χ2v) is 12.9. The van der Waals surface area contributed by atoms with Crippen LogP contribution in [-0.4, -0.2) is 84.8 Å². The fourth-order valence-electron chi connectivity index (χ4n) is 6.31. The molecule has 0 bridgehead atoms. The molecular formula is C33H33F2N7O3S. The largest absolute Gasteiger partial charge is 0.490 e. The zero-order valence-electron chi connectivity index (χ0n) is 25.7. The van der Waals surface area contributed by atoms with Crippen molar-refractivity contribution in [2.45, 2.75) is 38.6 Å². The van der Waals surface area contributed by atoms with Gasteiger partial charge in [-0.25, -0.2) is 13.8 Å². The fourth-order valence-corrected chi connectivity index (χ4v) is 7.26. The predicted octanol–water partition coefficient (Wildman–Crippen LogP) is 5.30. The third-order valence-corrected chi connectivity index (χ3v) is 9.54. The maximum atomic E-state index is 16.0. The summed E-state index contributed by atoms with van der Waals surface area (Å²) in [5.41, 5.74) is 3.54. The number of ether oxygens (including phenoxy) is 1. The van der Waals surface area contributed by atoms with Gasteiger partial charge in [0.2, 0.25) is 5.91 Å². The normalized spacial score (nSPS) is 17.6. The maximum Gasteiger partial charge on any atom is 0.246 e. The van der Waals surface area contributed by atoms with Crippen LogP contribution in [0, 0.1) is 11.6 Å². The summed E-state index contributed by atoms with van der Waals surface area (Å²) in [5, 5.41) is 22.2. The van der Waals surface area contributed by atoms with Gasteiger partial charge in [0.25, 0.3) is 0 Å². The van der Waals surface area contributed by atoms with Crippen molar-refractivity contribution < 1.29 is 23.4 Å². The first kappa shape index (κ1) is 30.2. The highest BCUT2D eigenvalue weighted by Crippen LogP contribution is 2.47. The molecule has 1 fully saturated rings. The van der Waals surface area contributed by atoms with Gasteiger partial charge in [0.15, 0.2) is 0 Å². The van der Waals surface area contributed by atoms with E-state index in [2.05, 4.69) is 23.6 Å². The molecule has 13 heteroatoms. The van der Waals surface area contributed by atoms with Gasteiger partial charge in [-0.1, -0.05) is 6.58 Å². The number of likely N-dealkylation sites (tertiary alicyclic amines) is 1. The number of hydrogen-bond acceptors (Lipinski definition) is 8. The Morgan fingerprint density at radius 1 is 1.22 bits per heavy atom. The number of benzene rings is 1. The van der Waals surface area contributed by atoms with Crippen molar-refractivity contribution >= 4 is 27.3 Å². The van der Waals surface area contributed by atoms with E-state index in [1.807, 2.05) is 40.0 Å². The number of likely N-dealkylation sites (N-methyl/N-ethyl adjacent to an activating group) is 1. The first-order chi connectivity index (χ1) is 22.1. The van der Waals surface area contributed by atoms with Gasteiger partial charge < -0.3 is 19.6 Å². The molecule has 46 heavy (non-hydrogen) atoms. The number of aliphatic hydroxyl groups excluding tert-OH is 1. The summed E-state index contributed by atoms with van der Waals surface area (Å²) >= 11 is 1.41. The molecule has 238 valence electrons. The van der Waals surface area contributed by atoms with E-state index in [1.165, 1.54) is 24.3 Å². The number of aliphatic hydroxyl groups is 1. The van der Waals surface area contributed by atoms with Crippen LogP contribution >= 0.6 is 11.3 Å². The number of hydrogen-bond donors (Lipinski definition) is 1. The van der Waals surface area contributed by atoms with Crippen molar-refractivity contribution in [2.75, 3.05) is 33.3 Å². The van der Waals surface area contributed by atoms with E-state index in [0.717, 1.165) is 41.9 Å². The molecule has 1 amide bonds. The standard InChI is InChI=1S/C33H33F2N7O3S/c1-5-28(44)40-7-8-41-26(19(40)3)12-25(38-41)32-30(29-24(35)10-21(34)11-27(29)45-17-18(2)43)33-23(6-9-46-33)31(37-32)20-13-36-42(14-20)22-15-39(4)16-22/h5-6,9-14,18-19,22,43H,1,7-8,15-17H2,2-4H3/t18-,19-/m1/s1. The zero-order valence-corrected chi connectivity index (χ0v) is 26.5. The highest BCUT2D eigenvalue weighted by Gasteiger charge is 2.32. The van der Waals surface area contributed by atoms with Crippen LogP contribution in [0.2, 0.25) is 0 Å². The van der Waals surface area contributed by atoms with Gasteiger partial charge in [-0.3, -0.25) is 14.2 Å². The number of nitrogens with zero attached hydrogens (tertiary/aromatic N) is 7. The van der Waals surface area contributed by atoms with Crippen LogP contribution in [0.3, 0.4) is 0 Å². The predicted molar refractivity (Wildman–Crippen MR) is 171 cm³/mol. The highest BCUT2D eigenvalue weighted by molar-refractivity contribution is 7.18. The summed E-state index contributed by atoms with van der Waals surface area (Å²) in [6.45, 7) is 9.64.